The third kappa shape index (κ3) is 2.19. The lowest BCUT2D eigenvalue weighted by atomic mass is 9.77. The van der Waals surface area contributed by atoms with E-state index in [9.17, 15) is 4.79 Å². The van der Waals surface area contributed by atoms with Crippen LogP contribution >= 0.6 is 15.9 Å². The maximum Gasteiger partial charge on any atom is 0.232 e. The number of fused-ring (bicyclic) bond motifs is 1. The molecule has 0 radical (unpaired) electrons. The molecule has 2 aromatic carbocycles. The summed E-state index contributed by atoms with van der Waals surface area (Å²) in [4.78, 5) is 12.3. The molecule has 1 aliphatic rings. The molecule has 0 aliphatic heterocycles. The van der Waals surface area contributed by atoms with Crippen molar-refractivity contribution in [3.8, 4) is 0 Å². The fourth-order valence-corrected chi connectivity index (χ4v) is 2.82. The average Bonchev–Trinajstić information content (AvgIpc) is 2.36. The number of carbonyl (C=O) groups is 1. The molecular weight excluding hydrogens is 302 g/mol. The molecule has 0 bridgehead atoms. The molecule has 3 rings (SSSR count). The van der Waals surface area contributed by atoms with Gasteiger partial charge in [-0.3, -0.25) is 4.79 Å². The fraction of sp³-hybridized carbons (Fsp3) is 0.188. The van der Waals surface area contributed by atoms with Crippen LogP contribution in [-0.4, -0.2) is 5.91 Å². The highest BCUT2D eigenvalue weighted by atomic mass is 79.9. The second kappa shape index (κ2) is 4.82. The van der Waals surface area contributed by atoms with Gasteiger partial charge in [0.15, 0.2) is 0 Å². The molecule has 96 valence electrons. The van der Waals surface area contributed by atoms with Crippen LogP contribution in [0.3, 0.4) is 0 Å². The third-order valence-electron chi connectivity index (χ3n) is 3.70. The summed E-state index contributed by atoms with van der Waals surface area (Å²) in [5, 5.41) is 3.02. The molecule has 0 saturated carbocycles. The van der Waals surface area contributed by atoms with Crippen molar-refractivity contribution in [2.45, 2.75) is 19.3 Å². The molecule has 19 heavy (non-hydrogen) atoms. The zero-order chi connectivity index (χ0) is 13.4. The molecule has 3 heteroatoms. The van der Waals surface area contributed by atoms with E-state index in [1.807, 2.05) is 43.3 Å². The van der Waals surface area contributed by atoms with Crippen LogP contribution in [0, 0.1) is 6.92 Å². The Morgan fingerprint density at radius 1 is 1.21 bits per heavy atom. The van der Waals surface area contributed by atoms with Crippen LogP contribution < -0.4 is 5.32 Å². The Kier molecular flexibility index (Phi) is 3.15. The van der Waals surface area contributed by atoms with E-state index in [-0.39, 0.29) is 11.8 Å². The molecule has 1 amide bonds. The molecule has 2 nitrogen and oxygen atoms in total. The highest BCUT2D eigenvalue weighted by molar-refractivity contribution is 9.10. The Balaban J connectivity index is 1.79. The van der Waals surface area contributed by atoms with Crippen LogP contribution in [0.25, 0.3) is 0 Å². The molecule has 1 aliphatic carbocycles. The fourth-order valence-electron chi connectivity index (χ4n) is 2.46. The summed E-state index contributed by atoms with van der Waals surface area (Å²) in [5.74, 6) is 0.0782. The summed E-state index contributed by atoms with van der Waals surface area (Å²) in [7, 11) is 0. The highest BCUT2D eigenvalue weighted by Crippen LogP contribution is 2.36. The summed E-state index contributed by atoms with van der Waals surface area (Å²) in [6, 6.07) is 14.0. The zero-order valence-electron chi connectivity index (χ0n) is 10.6. The van der Waals surface area contributed by atoms with Crippen molar-refractivity contribution >= 4 is 27.5 Å². The van der Waals surface area contributed by atoms with E-state index in [2.05, 4.69) is 27.3 Å². The molecule has 1 atom stereocenters. The van der Waals surface area contributed by atoms with Crippen molar-refractivity contribution in [1.82, 2.24) is 0 Å². The number of rotatable bonds is 2. The van der Waals surface area contributed by atoms with E-state index >= 15 is 0 Å². The minimum Gasteiger partial charge on any atom is -0.325 e. The molecule has 2 aromatic rings. The molecule has 0 heterocycles. The summed E-state index contributed by atoms with van der Waals surface area (Å²) in [6.45, 7) is 1.99. The van der Waals surface area contributed by atoms with Crippen molar-refractivity contribution in [1.29, 1.82) is 0 Å². The van der Waals surface area contributed by atoms with Crippen molar-refractivity contribution in [2.75, 3.05) is 5.32 Å². The van der Waals surface area contributed by atoms with Crippen molar-refractivity contribution in [2.24, 2.45) is 0 Å². The molecule has 0 fully saturated rings. The number of anilines is 1. The van der Waals surface area contributed by atoms with Crippen LogP contribution in [0.15, 0.2) is 46.9 Å². The van der Waals surface area contributed by atoms with Gasteiger partial charge in [0, 0.05) is 10.2 Å². The molecule has 1 N–H and O–H groups in total. The van der Waals surface area contributed by atoms with Crippen molar-refractivity contribution in [3.63, 3.8) is 0 Å². The third-order valence-corrected chi connectivity index (χ3v) is 4.56. The first kappa shape index (κ1) is 12.4. The van der Waals surface area contributed by atoms with Gasteiger partial charge in [0.2, 0.25) is 5.91 Å². The first-order valence-corrected chi connectivity index (χ1v) is 7.10. The summed E-state index contributed by atoms with van der Waals surface area (Å²) >= 11 is 3.48. The first-order valence-electron chi connectivity index (χ1n) is 6.30. The van der Waals surface area contributed by atoms with Gasteiger partial charge in [-0.2, -0.15) is 0 Å². The van der Waals surface area contributed by atoms with Gasteiger partial charge in [-0.15, -0.1) is 0 Å². The number of carbonyl (C=O) groups excluding carboxylic acids is 1. The van der Waals surface area contributed by atoms with E-state index < -0.39 is 0 Å². The van der Waals surface area contributed by atoms with Crippen molar-refractivity contribution in [3.05, 3.63) is 63.6 Å². The normalized spacial score (nSPS) is 16.4. The summed E-state index contributed by atoms with van der Waals surface area (Å²) in [5.41, 5.74) is 4.38. The van der Waals surface area contributed by atoms with Crippen LogP contribution in [-0.2, 0) is 11.2 Å². The van der Waals surface area contributed by atoms with Crippen molar-refractivity contribution < 1.29 is 4.79 Å². The Hall–Kier alpha value is -1.61. The number of nitrogens with one attached hydrogen (secondary N) is 1. The number of benzene rings is 2. The van der Waals surface area contributed by atoms with Gasteiger partial charge in [-0.05, 0) is 42.2 Å². The second-order valence-electron chi connectivity index (χ2n) is 4.86. The lowest BCUT2D eigenvalue weighted by Crippen LogP contribution is -2.30. The Bertz CT molecular complexity index is 651. The lowest BCUT2D eigenvalue weighted by molar-refractivity contribution is -0.118. The predicted molar refractivity (Wildman–Crippen MR) is 80.4 cm³/mol. The van der Waals surface area contributed by atoms with Crippen LogP contribution in [0.5, 0.6) is 0 Å². The summed E-state index contributed by atoms with van der Waals surface area (Å²) in [6.07, 6.45) is 0.842. The molecule has 0 spiro atoms. The van der Waals surface area contributed by atoms with E-state index in [0.717, 1.165) is 27.7 Å². The lowest BCUT2D eigenvalue weighted by Gasteiger charge is -2.29. The number of halogens is 1. The maximum absolute atomic E-state index is 12.3. The quantitative estimate of drug-likeness (QED) is 0.890. The van der Waals surface area contributed by atoms with Gasteiger partial charge in [-0.1, -0.05) is 46.3 Å². The predicted octanol–water partition coefficient (Wildman–Crippen LogP) is 4.04. The number of hydrogen-bond donors (Lipinski definition) is 1. The summed E-state index contributed by atoms with van der Waals surface area (Å²) < 4.78 is 1.01. The van der Waals surface area contributed by atoms with Crippen LogP contribution in [0.1, 0.15) is 22.6 Å². The average molecular weight is 316 g/mol. The minimum absolute atomic E-state index is 0.00502. The zero-order valence-corrected chi connectivity index (χ0v) is 12.2. The Labute approximate surface area is 121 Å². The first-order chi connectivity index (χ1) is 9.16. The van der Waals surface area contributed by atoms with E-state index in [1.54, 1.807) is 0 Å². The Morgan fingerprint density at radius 2 is 2.00 bits per heavy atom. The monoisotopic (exact) mass is 315 g/mol. The maximum atomic E-state index is 12.3. The molecule has 0 aromatic heterocycles. The largest absolute Gasteiger partial charge is 0.325 e. The number of amides is 1. The second-order valence-corrected chi connectivity index (χ2v) is 5.71. The highest BCUT2D eigenvalue weighted by Gasteiger charge is 2.31. The molecular formula is C16H14BrNO. The van der Waals surface area contributed by atoms with Gasteiger partial charge in [0.25, 0.3) is 0 Å². The van der Waals surface area contributed by atoms with E-state index in [4.69, 9.17) is 0 Å². The standard InChI is InChI=1S/C16H14BrNO/c1-10-14(17)7-4-8-15(10)18-16(19)13-9-11-5-2-3-6-12(11)13/h2-8,13H,9H2,1H3,(H,18,19). The van der Waals surface area contributed by atoms with Gasteiger partial charge < -0.3 is 5.32 Å². The molecule has 1 unspecified atom stereocenters. The van der Waals surface area contributed by atoms with Crippen LogP contribution in [0.4, 0.5) is 5.69 Å². The minimum atomic E-state index is -0.00502. The molecule has 0 saturated heterocycles. The SMILES string of the molecule is Cc1c(Br)cccc1NC(=O)C1Cc2ccccc21. The van der Waals surface area contributed by atoms with E-state index in [0.29, 0.717) is 0 Å². The topological polar surface area (TPSA) is 29.1 Å². The smallest absolute Gasteiger partial charge is 0.232 e. The van der Waals surface area contributed by atoms with Crippen LogP contribution in [0.2, 0.25) is 0 Å². The van der Waals surface area contributed by atoms with E-state index in [1.165, 1.54) is 5.56 Å². The van der Waals surface area contributed by atoms with Gasteiger partial charge in [-0.25, -0.2) is 0 Å². The van der Waals surface area contributed by atoms with Gasteiger partial charge >= 0.3 is 0 Å². The van der Waals surface area contributed by atoms with Gasteiger partial charge in [0.05, 0.1) is 5.92 Å². The number of hydrogen-bond acceptors (Lipinski definition) is 1. The Morgan fingerprint density at radius 3 is 2.79 bits per heavy atom. The van der Waals surface area contributed by atoms with Gasteiger partial charge in [0.1, 0.15) is 0 Å².